The Kier molecular flexibility index (Phi) is 2.71. The van der Waals surface area contributed by atoms with Crippen LogP contribution >= 0.6 is 0 Å². The largest absolute Gasteiger partial charge is 0.370 e. The van der Waals surface area contributed by atoms with E-state index in [1.807, 2.05) is 0 Å². The van der Waals surface area contributed by atoms with Gasteiger partial charge in [0, 0.05) is 6.04 Å². The van der Waals surface area contributed by atoms with Gasteiger partial charge in [0.15, 0.2) is 0 Å². The number of ether oxygens (including phenoxy) is 1. The average molecular weight is 257 g/mol. The van der Waals surface area contributed by atoms with E-state index in [0.29, 0.717) is 6.04 Å². The summed E-state index contributed by atoms with van der Waals surface area (Å²) in [5.41, 5.74) is 7.83. The Morgan fingerprint density at radius 3 is 2.42 bits per heavy atom. The molecular weight excluding hydrogens is 234 g/mol. The zero-order valence-electron chi connectivity index (χ0n) is 11.4. The summed E-state index contributed by atoms with van der Waals surface area (Å²) < 4.78 is 6.42. The van der Waals surface area contributed by atoms with Gasteiger partial charge >= 0.3 is 0 Å². The van der Waals surface area contributed by atoms with Crippen LogP contribution in [0.25, 0.3) is 0 Å². The van der Waals surface area contributed by atoms with Gasteiger partial charge in [-0.15, -0.1) is 0 Å². The van der Waals surface area contributed by atoms with E-state index in [-0.39, 0.29) is 5.60 Å². The van der Waals surface area contributed by atoms with Crippen LogP contribution in [0.5, 0.6) is 0 Å². The first-order valence-electron chi connectivity index (χ1n) is 7.68. The Bertz CT molecular complexity index is 442. The second-order valence-corrected chi connectivity index (χ2v) is 7.00. The highest BCUT2D eigenvalue weighted by molar-refractivity contribution is 5.14. The summed E-state index contributed by atoms with van der Waals surface area (Å²) in [4.78, 5) is 0. The number of hydrogen-bond acceptors (Lipinski definition) is 2. The predicted molar refractivity (Wildman–Crippen MR) is 75.5 cm³/mol. The first-order valence-corrected chi connectivity index (χ1v) is 7.68. The third-order valence-electron chi connectivity index (χ3n) is 5.68. The van der Waals surface area contributed by atoms with Crippen molar-refractivity contribution in [2.24, 2.45) is 23.5 Å². The smallest absolute Gasteiger partial charge is 0.0724 e. The predicted octanol–water partition coefficient (Wildman–Crippen LogP) is 3.11. The summed E-state index contributed by atoms with van der Waals surface area (Å²) in [5, 5.41) is 0. The van der Waals surface area contributed by atoms with Gasteiger partial charge in [0.05, 0.1) is 12.2 Å². The fraction of sp³-hybridized carbons (Fsp3) is 0.647. The van der Waals surface area contributed by atoms with E-state index in [1.54, 1.807) is 0 Å². The lowest BCUT2D eigenvalue weighted by Crippen LogP contribution is -2.60. The zero-order valence-corrected chi connectivity index (χ0v) is 11.4. The van der Waals surface area contributed by atoms with Crippen LogP contribution in [0.4, 0.5) is 0 Å². The van der Waals surface area contributed by atoms with E-state index >= 15 is 0 Å². The summed E-state index contributed by atoms with van der Waals surface area (Å²) in [5.74, 6) is 2.33. The molecule has 4 aliphatic rings. The maximum Gasteiger partial charge on any atom is 0.0724 e. The molecule has 2 nitrogen and oxygen atoms in total. The minimum Gasteiger partial charge on any atom is -0.370 e. The van der Waals surface area contributed by atoms with Crippen LogP contribution in [-0.4, -0.2) is 11.6 Å². The molecule has 2 N–H and O–H groups in total. The Morgan fingerprint density at radius 2 is 1.74 bits per heavy atom. The second-order valence-electron chi connectivity index (χ2n) is 7.00. The molecule has 0 heterocycles. The van der Waals surface area contributed by atoms with E-state index in [9.17, 15) is 0 Å². The molecule has 0 aliphatic heterocycles. The molecule has 0 saturated heterocycles. The van der Waals surface area contributed by atoms with Crippen molar-refractivity contribution in [3.05, 3.63) is 35.9 Å². The zero-order chi connectivity index (χ0) is 12.9. The Balaban J connectivity index is 1.49. The van der Waals surface area contributed by atoms with Crippen LogP contribution in [0.15, 0.2) is 30.3 Å². The van der Waals surface area contributed by atoms with Crippen molar-refractivity contribution in [3.8, 4) is 0 Å². The number of nitrogens with two attached hydrogens (primary N) is 1. The van der Waals surface area contributed by atoms with E-state index in [4.69, 9.17) is 10.5 Å². The van der Waals surface area contributed by atoms with E-state index in [0.717, 1.165) is 24.4 Å². The fourth-order valence-corrected chi connectivity index (χ4v) is 4.98. The lowest BCUT2D eigenvalue weighted by molar-refractivity contribution is -0.174. The third-order valence-corrected chi connectivity index (χ3v) is 5.68. The van der Waals surface area contributed by atoms with Gasteiger partial charge in [-0.05, 0) is 55.4 Å². The monoisotopic (exact) mass is 257 g/mol. The molecule has 0 unspecified atom stereocenters. The SMILES string of the molecule is NC1[C@H]2CC3C[C@H]1CC(OCc1ccccc1)(C3)C2. The molecule has 4 fully saturated rings. The minimum atomic E-state index is 0.155. The van der Waals surface area contributed by atoms with Crippen LogP contribution < -0.4 is 5.73 Å². The van der Waals surface area contributed by atoms with Gasteiger partial charge in [-0.25, -0.2) is 0 Å². The molecule has 102 valence electrons. The van der Waals surface area contributed by atoms with E-state index in [2.05, 4.69) is 30.3 Å². The maximum atomic E-state index is 6.42. The molecule has 2 atom stereocenters. The number of benzene rings is 1. The number of rotatable bonds is 3. The molecule has 4 aliphatic carbocycles. The molecule has 5 rings (SSSR count). The molecule has 4 saturated carbocycles. The van der Waals surface area contributed by atoms with Crippen LogP contribution in [0.1, 0.15) is 37.7 Å². The molecule has 0 amide bonds. The third kappa shape index (κ3) is 2.02. The van der Waals surface area contributed by atoms with Crippen molar-refractivity contribution in [1.82, 2.24) is 0 Å². The quantitative estimate of drug-likeness (QED) is 0.903. The number of hydrogen-bond donors (Lipinski definition) is 1. The summed E-state index contributed by atoms with van der Waals surface area (Å²) in [6.07, 6.45) is 6.39. The van der Waals surface area contributed by atoms with Crippen molar-refractivity contribution < 1.29 is 4.74 Å². The second kappa shape index (κ2) is 4.32. The van der Waals surface area contributed by atoms with E-state index < -0.39 is 0 Å². The lowest BCUT2D eigenvalue weighted by Gasteiger charge is -2.58. The normalized spacial score (nSPS) is 43.6. The summed E-state index contributed by atoms with van der Waals surface area (Å²) in [6, 6.07) is 11.0. The van der Waals surface area contributed by atoms with Crippen LogP contribution in [0.2, 0.25) is 0 Å². The average Bonchev–Trinajstić information content (AvgIpc) is 2.43. The molecule has 0 aromatic heterocycles. The first kappa shape index (κ1) is 11.9. The summed E-state index contributed by atoms with van der Waals surface area (Å²) in [7, 11) is 0. The van der Waals surface area contributed by atoms with Crippen molar-refractivity contribution in [2.45, 2.75) is 50.4 Å². The van der Waals surface area contributed by atoms with Gasteiger partial charge in [-0.3, -0.25) is 0 Å². The van der Waals surface area contributed by atoms with Crippen LogP contribution in [0.3, 0.4) is 0 Å². The molecule has 19 heavy (non-hydrogen) atoms. The van der Waals surface area contributed by atoms with Gasteiger partial charge < -0.3 is 10.5 Å². The molecular formula is C17H23NO. The molecule has 1 aromatic rings. The highest BCUT2D eigenvalue weighted by atomic mass is 16.5. The summed E-state index contributed by atoms with van der Waals surface area (Å²) in [6.45, 7) is 0.766. The van der Waals surface area contributed by atoms with Crippen LogP contribution in [0, 0.1) is 17.8 Å². The Labute approximate surface area is 115 Å². The van der Waals surface area contributed by atoms with Crippen molar-refractivity contribution >= 4 is 0 Å². The molecule has 0 spiro atoms. The summed E-state index contributed by atoms with van der Waals surface area (Å²) >= 11 is 0. The van der Waals surface area contributed by atoms with Crippen molar-refractivity contribution in [3.63, 3.8) is 0 Å². The van der Waals surface area contributed by atoms with Gasteiger partial charge in [0.1, 0.15) is 0 Å². The van der Waals surface area contributed by atoms with Gasteiger partial charge in [0.25, 0.3) is 0 Å². The molecule has 2 heteroatoms. The highest BCUT2D eigenvalue weighted by Gasteiger charge is 2.54. The van der Waals surface area contributed by atoms with Gasteiger partial charge in [-0.2, -0.15) is 0 Å². The molecule has 0 radical (unpaired) electrons. The van der Waals surface area contributed by atoms with Crippen LogP contribution in [-0.2, 0) is 11.3 Å². The standard InChI is InChI=1S/C17H23NO/c18-16-14-6-13-7-15(16)10-17(8-13,9-14)19-11-12-4-2-1-3-5-12/h1-5,13-16H,6-11,18H2/t13?,14-,15-,16?,17?/m0/s1. The topological polar surface area (TPSA) is 35.2 Å². The molecule has 1 aromatic carbocycles. The van der Waals surface area contributed by atoms with Gasteiger partial charge in [-0.1, -0.05) is 30.3 Å². The van der Waals surface area contributed by atoms with E-state index in [1.165, 1.54) is 37.7 Å². The van der Waals surface area contributed by atoms with Crippen molar-refractivity contribution in [1.29, 1.82) is 0 Å². The fourth-order valence-electron chi connectivity index (χ4n) is 4.98. The lowest BCUT2D eigenvalue weighted by atomic mass is 9.52. The maximum absolute atomic E-state index is 6.42. The highest BCUT2D eigenvalue weighted by Crippen LogP contribution is 2.56. The first-order chi connectivity index (χ1) is 9.24. The van der Waals surface area contributed by atoms with Gasteiger partial charge in [0.2, 0.25) is 0 Å². The Hall–Kier alpha value is -0.860. The Morgan fingerprint density at radius 1 is 1.05 bits per heavy atom. The van der Waals surface area contributed by atoms with Crippen molar-refractivity contribution in [2.75, 3.05) is 0 Å². The minimum absolute atomic E-state index is 0.155. The molecule has 4 bridgehead atoms.